The number of carbonyl (C=O) groups excluding carboxylic acids is 1. The van der Waals surface area contributed by atoms with Crippen LogP contribution in [0, 0.1) is 20.8 Å². The Morgan fingerprint density at radius 2 is 1.52 bits per heavy atom. The zero-order chi connectivity index (χ0) is 23.4. The van der Waals surface area contributed by atoms with Gasteiger partial charge in [-0.05, 0) is 80.8 Å². The van der Waals surface area contributed by atoms with Crippen molar-refractivity contribution in [2.24, 2.45) is 0 Å². The number of benzene rings is 2. The van der Waals surface area contributed by atoms with Gasteiger partial charge in [-0.2, -0.15) is 5.10 Å². The third kappa shape index (κ3) is 5.17. The second-order valence-electron chi connectivity index (χ2n) is 7.69. The third-order valence-corrected chi connectivity index (χ3v) is 5.45. The molecule has 0 saturated carbocycles. The molecule has 168 valence electrons. The van der Waals surface area contributed by atoms with Crippen molar-refractivity contribution >= 4 is 17.4 Å². The van der Waals surface area contributed by atoms with Gasteiger partial charge >= 0.3 is 6.03 Å². The summed E-state index contributed by atoms with van der Waals surface area (Å²) in [5.74, 6) is 1.58. The average molecular weight is 443 g/mol. The predicted octanol–water partition coefficient (Wildman–Crippen LogP) is 5.59. The zero-order valence-corrected chi connectivity index (χ0v) is 19.1. The number of amides is 2. The minimum absolute atomic E-state index is 0.311. The monoisotopic (exact) mass is 442 g/mol. The van der Waals surface area contributed by atoms with E-state index in [0.717, 1.165) is 29.1 Å². The summed E-state index contributed by atoms with van der Waals surface area (Å²) >= 11 is 0. The van der Waals surface area contributed by atoms with Gasteiger partial charge in [-0.1, -0.05) is 19.1 Å². The van der Waals surface area contributed by atoms with Gasteiger partial charge in [0, 0.05) is 23.1 Å². The van der Waals surface area contributed by atoms with Crippen LogP contribution in [0.2, 0.25) is 0 Å². The molecule has 0 unspecified atom stereocenters. The van der Waals surface area contributed by atoms with Crippen molar-refractivity contribution in [3.05, 3.63) is 83.2 Å². The summed E-state index contributed by atoms with van der Waals surface area (Å²) in [6.45, 7) is 8.09. The third-order valence-electron chi connectivity index (χ3n) is 5.45. The van der Waals surface area contributed by atoms with Crippen LogP contribution < -0.4 is 15.4 Å². The van der Waals surface area contributed by atoms with Crippen LogP contribution in [0.4, 0.5) is 16.2 Å². The molecule has 2 aromatic carbocycles. The predicted molar refractivity (Wildman–Crippen MR) is 128 cm³/mol. The average Bonchev–Trinajstić information content (AvgIpc) is 3.08. The Kier molecular flexibility index (Phi) is 6.35. The topological polar surface area (TPSA) is 94.0 Å². The fraction of sp³-hybridized carbons (Fsp3) is 0.200. The van der Waals surface area contributed by atoms with Gasteiger partial charge in [0.25, 0.3) is 0 Å². The molecule has 0 fully saturated rings. The number of aryl methyl sites for hydroxylation is 2. The van der Waals surface area contributed by atoms with E-state index in [-0.39, 0.29) is 6.03 Å². The van der Waals surface area contributed by atoms with Crippen LogP contribution in [0.25, 0.3) is 5.82 Å². The van der Waals surface area contributed by atoms with Gasteiger partial charge in [0.2, 0.25) is 5.88 Å². The van der Waals surface area contributed by atoms with E-state index >= 15 is 0 Å². The first kappa shape index (κ1) is 22.0. The molecular formula is C25H26N6O2. The van der Waals surface area contributed by atoms with E-state index in [9.17, 15) is 4.79 Å². The lowest BCUT2D eigenvalue weighted by Gasteiger charge is -2.09. The summed E-state index contributed by atoms with van der Waals surface area (Å²) in [6, 6.07) is 18.0. The molecule has 2 heterocycles. The maximum absolute atomic E-state index is 12.2. The first-order valence-electron chi connectivity index (χ1n) is 10.7. The van der Waals surface area contributed by atoms with E-state index in [1.807, 2.05) is 51.1 Å². The van der Waals surface area contributed by atoms with Gasteiger partial charge in [0.05, 0.1) is 5.69 Å². The van der Waals surface area contributed by atoms with Crippen LogP contribution in [-0.4, -0.2) is 26.0 Å². The summed E-state index contributed by atoms with van der Waals surface area (Å²) in [5, 5.41) is 18.5. The Bertz CT molecular complexity index is 1250. The van der Waals surface area contributed by atoms with Crippen molar-refractivity contribution in [2.45, 2.75) is 34.1 Å². The van der Waals surface area contributed by atoms with Crippen molar-refractivity contribution in [2.75, 3.05) is 10.6 Å². The highest BCUT2D eigenvalue weighted by Gasteiger charge is 2.11. The summed E-state index contributed by atoms with van der Waals surface area (Å²) in [4.78, 5) is 12.2. The van der Waals surface area contributed by atoms with Crippen LogP contribution in [0.1, 0.15) is 29.4 Å². The minimum atomic E-state index is -0.311. The molecule has 2 aromatic heterocycles. The molecule has 8 heteroatoms. The number of nitrogens with zero attached hydrogens (tertiary/aromatic N) is 4. The first-order chi connectivity index (χ1) is 15.9. The highest BCUT2D eigenvalue weighted by Crippen LogP contribution is 2.22. The van der Waals surface area contributed by atoms with Gasteiger partial charge in [-0.15, -0.1) is 10.2 Å². The van der Waals surface area contributed by atoms with Gasteiger partial charge in [0.1, 0.15) is 5.75 Å². The molecule has 4 rings (SSSR count). The maximum Gasteiger partial charge on any atom is 0.323 e. The minimum Gasteiger partial charge on any atom is -0.438 e. The number of anilines is 2. The number of hydrogen-bond donors (Lipinski definition) is 2. The van der Waals surface area contributed by atoms with Crippen molar-refractivity contribution < 1.29 is 9.53 Å². The summed E-state index contributed by atoms with van der Waals surface area (Å²) in [7, 11) is 0. The SMILES string of the molecule is CCc1ccc(NC(=O)Nc2ccc(Oc3ccc(-n4nc(C)c(C)c4C)nn3)cc2)cc1. The van der Waals surface area contributed by atoms with Crippen molar-refractivity contribution in [3.63, 3.8) is 0 Å². The molecule has 33 heavy (non-hydrogen) atoms. The van der Waals surface area contributed by atoms with Gasteiger partial charge in [-0.25, -0.2) is 9.48 Å². The standard InChI is InChI=1S/C25H26N6O2/c1-5-19-6-8-20(9-7-19)26-25(32)27-21-10-12-22(13-11-21)33-24-15-14-23(28-29-24)31-18(4)16(2)17(3)30-31/h6-15H,5H2,1-4H3,(H2,26,27,32). The molecule has 0 aliphatic heterocycles. The maximum atomic E-state index is 12.2. The lowest BCUT2D eigenvalue weighted by Crippen LogP contribution is -2.19. The quantitative estimate of drug-likeness (QED) is 0.406. The normalized spacial score (nSPS) is 10.7. The number of rotatable bonds is 6. The lowest BCUT2D eigenvalue weighted by atomic mass is 10.1. The molecular weight excluding hydrogens is 416 g/mol. The van der Waals surface area contributed by atoms with Gasteiger partial charge in [0.15, 0.2) is 5.82 Å². The Balaban J connectivity index is 1.35. The van der Waals surface area contributed by atoms with E-state index in [0.29, 0.717) is 23.1 Å². The smallest absolute Gasteiger partial charge is 0.323 e. The molecule has 0 atom stereocenters. The van der Waals surface area contributed by atoms with E-state index in [1.54, 1.807) is 35.0 Å². The molecule has 0 aliphatic carbocycles. The largest absolute Gasteiger partial charge is 0.438 e. The van der Waals surface area contributed by atoms with E-state index in [2.05, 4.69) is 32.9 Å². The van der Waals surface area contributed by atoms with Crippen LogP contribution in [-0.2, 0) is 6.42 Å². The molecule has 0 saturated heterocycles. The summed E-state index contributed by atoms with van der Waals surface area (Å²) in [6.07, 6.45) is 0.958. The molecule has 4 aromatic rings. The van der Waals surface area contributed by atoms with Crippen molar-refractivity contribution in [1.29, 1.82) is 0 Å². The number of carbonyl (C=O) groups is 1. The van der Waals surface area contributed by atoms with Crippen molar-refractivity contribution in [1.82, 2.24) is 20.0 Å². The Morgan fingerprint density at radius 3 is 2.03 bits per heavy atom. The van der Waals surface area contributed by atoms with E-state index in [1.165, 1.54) is 5.56 Å². The highest BCUT2D eigenvalue weighted by atomic mass is 16.5. The van der Waals surface area contributed by atoms with Gasteiger partial charge in [-0.3, -0.25) is 0 Å². The second-order valence-corrected chi connectivity index (χ2v) is 7.69. The Labute approximate surface area is 192 Å². The van der Waals surface area contributed by atoms with Crippen LogP contribution in [0.5, 0.6) is 11.6 Å². The molecule has 0 spiro atoms. The Hall–Kier alpha value is -4.20. The molecule has 0 radical (unpaired) electrons. The van der Waals surface area contributed by atoms with E-state index < -0.39 is 0 Å². The van der Waals surface area contributed by atoms with Crippen LogP contribution in [0.15, 0.2) is 60.7 Å². The lowest BCUT2D eigenvalue weighted by molar-refractivity contribution is 0.262. The fourth-order valence-corrected chi connectivity index (χ4v) is 3.27. The first-order valence-corrected chi connectivity index (χ1v) is 10.7. The van der Waals surface area contributed by atoms with E-state index in [4.69, 9.17) is 4.74 Å². The summed E-state index contributed by atoms with van der Waals surface area (Å²) < 4.78 is 7.54. The second kappa shape index (κ2) is 9.52. The van der Waals surface area contributed by atoms with Crippen molar-refractivity contribution in [3.8, 4) is 17.4 Å². The summed E-state index contributed by atoms with van der Waals surface area (Å²) in [5.41, 5.74) is 5.73. The number of hydrogen-bond acceptors (Lipinski definition) is 5. The van der Waals surface area contributed by atoms with Gasteiger partial charge < -0.3 is 15.4 Å². The highest BCUT2D eigenvalue weighted by molar-refractivity contribution is 5.99. The molecule has 0 bridgehead atoms. The van der Waals surface area contributed by atoms with Crippen LogP contribution in [0.3, 0.4) is 0 Å². The number of ether oxygens (including phenoxy) is 1. The molecule has 8 nitrogen and oxygen atoms in total. The molecule has 2 N–H and O–H groups in total. The Morgan fingerprint density at radius 1 is 0.879 bits per heavy atom. The number of nitrogens with one attached hydrogen (secondary N) is 2. The number of urea groups is 1. The molecule has 0 aliphatic rings. The number of aromatic nitrogens is 4. The molecule has 2 amide bonds. The zero-order valence-electron chi connectivity index (χ0n) is 19.1. The fourth-order valence-electron chi connectivity index (χ4n) is 3.27. The van der Waals surface area contributed by atoms with Crippen LogP contribution >= 0.6 is 0 Å².